The number of carbonyl (C=O) groups is 1. The van der Waals surface area contributed by atoms with E-state index in [9.17, 15) is 4.79 Å². The van der Waals surface area contributed by atoms with Gasteiger partial charge in [0.2, 0.25) is 5.91 Å². The molecule has 2 rings (SSSR count). The minimum Gasteiger partial charge on any atom is -0.399 e. The fourth-order valence-corrected chi connectivity index (χ4v) is 2.32. The third-order valence-electron chi connectivity index (χ3n) is 3.41. The van der Waals surface area contributed by atoms with Crippen LogP contribution in [0.15, 0.2) is 54.6 Å². The van der Waals surface area contributed by atoms with Crippen molar-refractivity contribution in [2.24, 2.45) is 0 Å². The summed E-state index contributed by atoms with van der Waals surface area (Å²) >= 11 is 0. The van der Waals surface area contributed by atoms with Gasteiger partial charge in [0.25, 0.3) is 0 Å². The molecule has 0 unspecified atom stereocenters. The van der Waals surface area contributed by atoms with Gasteiger partial charge in [-0.1, -0.05) is 43.3 Å². The quantitative estimate of drug-likeness (QED) is 0.822. The SMILES string of the molecule is CCCC(=O)N(CCc1ccccc1)c1cccc(N)c1. The number of nitrogens with zero attached hydrogens (tertiary/aromatic N) is 1. The van der Waals surface area contributed by atoms with Crippen molar-refractivity contribution in [1.82, 2.24) is 0 Å². The topological polar surface area (TPSA) is 46.3 Å². The van der Waals surface area contributed by atoms with Crippen LogP contribution in [0, 0.1) is 0 Å². The van der Waals surface area contributed by atoms with Crippen LogP contribution in [0.3, 0.4) is 0 Å². The lowest BCUT2D eigenvalue weighted by Crippen LogP contribution is -2.32. The summed E-state index contributed by atoms with van der Waals surface area (Å²) in [6.07, 6.45) is 2.25. The molecule has 0 fully saturated rings. The summed E-state index contributed by atoms with van der Waals surface area (Å²) in [7, 11) is 0. The van der Waals surface area contributed by atoms with Gasteiger partial charge in [0.15, 0.2) is 0 Å². The summed E-state index contributed by atoms with van der Waals surface area (Å²) in [6, 6.07) is 17.7. The number of benzene rings is 2. The Morgan fingerprint density at radius 2 is 1.86 bits per heavy atom. The summed E-state index contributed by atoms with van der Waals surface area (Å²) in [5.74, 6) is 0.152. The fourth-order valence-electron chi connectivity index (χ4n) is 2.32. The zero-order chi connectivity index (χ0) is 15.1. The van der Waals surface area contributed by atoms with E-state index in [-0.39, 0.29) is 5.91 Å². The van der Waals surface area contributed by atoms with E-state index in [0.717, 1.165) is 18.5 Å². The van der Waals surface area contributed by atoms with Crippen molar-refractivity contribution >= 4 is 17.3 Å². The maximum Gasteiger partial charge on any atom is 0.226 e. The standard InChI is InChI=1S/C18H22N2O/c1-2-7-18(21)20(17-11-6-10-16(19)14-17)13-12-15-8-4-3-5-9-15/h3-6,8-11,14H,2,7,12-13,19H2,1H3. The van der Waals surface area contributed by atoms with Crippen LogP contribution in [0.4, 0.5) is 11.4 Å². The molecular formula is C18H22N2O. The molecule has 2 aromatic rings. The molecule has 0 atom stereocenters. The molecule has 2 N–H and O–H groups in total. The Bertz CT molecular complexity index is 581. The van der Waals surface area contributed by atoms with Crippen LogP contribution in [0.1, 0.15) is 25.3 Å². The lowest BCUT2D eigenvalue weighted by Gasteiger charge is -2.23. The Morgan fingerprint density at radius 3 is 2.52 bits per heavy atom. The van der Waals surface area contributed by atoms with Crippen molar-refractivity contribution in [1.29, 1.82) is 0 Å². The van der Waals surface area contributed by atoms with Crippen molar-refractivity contribution < 1.29 is 4.79 Å². The normalized spacial score (nSPS) is 10.3. The number of hydrogen-bond acceptors (Lipinski definition) is 2. The maximum absolute atomic E-state index is 12.4. The number of rotatable bonds is 6. The average Bonchev–Trinajstić information content (AvgIpc) is 2.49. The number of carbonyl (C=O) groups excluding carboxylic acids is 1. The van der Waals surface area contributed by atoms with Gasteiger partial charge in [-0.2, -0.15) is 0 Å². The number of anilines is 2. The lowest BCUT2D eigenvalue weighted by atomic mass is 10.1. The van der Waals surface area contributed by atoms with Gasteiger partial charge in [-0.25, -0.2) is 0 Å². The smallest absolute Gasteiger partial charge is 0.226 e. The highest BCUT2D eigenvalue weighted by Crippen LogP contribution is 2.19. The van der Waals surface area contributed by atoms with Gasteiger partial charge in [0, 0.05) is 24.3 Å². The highest BCUT2D eigenvalue weighted by molar-refractivity contribution is 5.93. The van der Waals surface area contributed by atoms with Crippen LogP contribution in [0.25, 0.3) is 0 Å². The molecule has 0 aliphatic heterocycles. The zero-order valence-electron chi connectivity index (χ0n) is 12.5. The van der Waals surface area contributed by atoms with Crippen molar-refractivity contribution in [3.63, 3.8) is 0 Å². The van der Waals surface area contributed by atoms with Gasteiger partial charge < -0.3 is 10.6 Å². The Hall–Kier alpha value is -2.29. The van der Waals surface area contributed by atoms with Gasteiger partial charge in [-0.15, -0.1) is 0 Å². The Morgan fingerprint density at radius 1 is 1.10 bits per heavy atom. The molecule has 0 spiro atoms. The molecule has 2 aromatic carbocycles. The second kappa shape index (κ2) is 7.48. The molecule has 1 amide bonds. The molecule has 0 saturated carbocycles. The second-order valence-corrected chi connectivity index (χ2v) is 5.13. The molecule has 0 aromatic heterocycles. The van der Waals surface area contributed by atoms with E-state index in [4.69, 9.17) is 5.73 Å². The minimum absolute atomic E-state index is 0.152. The molecule has 21 heavy (non-hydrogen) atoms. The second-order valence-electron chi connectivity index (χ2n) is 5.13. The van der Waals surface area contributed by atoms with Gasteiger partial charge in [0.1, 0.15) is 0 Å². The van der Waals surface area contributed by atoms with E-state index in [1.807, 2.05) is 54.3 Å². The first-order chi connectivity index (χ1) is 10.2. The Balaban J connectivity index is 2.14. The van der Waals surface area contributed by atoms with Crippen LogP contribution >= 0.6 is 0 Å². The zero-order valence-corrected chi connectivity index (χ0v) is 12.5. The summed E-state index contributed by atoms with van der Waals surface area (Å²) < 4.78 is 0. The minimum atomic E-state index is 0.152. The fraction of sp³-hybridized carbons (Fsp3) is 0.278. The lowest BCUT2D eigenvalue weighted by molar-refractivity contribution is -0.118. The van der Waals surface area contributed by atoms with Gasteiger partial charge in [0.05, 0.1) is 0 Å². The van der Waals surface area contributed by atoms with Gasteiger partial charge in [-0.3, -0.25) is 4.79 Å². The molecule has 3 heteroatoms. The van der Waals surface area contributed by atoms with Crippen molar-refractivity contribution in [3.8, 4) is 0 Å². The number of hydrogen-bond donors (Lipinski definition) is 1. The van der Waals surface area contributed by atoms with Gasteiger partial charge >= 0.3 is 0 Å². The Labute approximate surface area is 126 Å². The Kier molecular flexibility index (Phi) is 5.38. The van der Waals surface area contributed by atoms with Crippen LogP contribution in [0.2, 0.25) is 0 Å². The van der Waals surface area contributed by atoms with Crippen LogP contribution in [0.5, 0.6) is 0 Å². The van der Waals surface area contributed by atoms with E-state index in [1.54, 1.807) is 0 Å². The van der Waals surface area contributed by atoms with E-state index in [1.165, 1.54) is 5.56 Å². The highest BCUT2D eigenvalue weighted by atomic mass is 16.2. The first-order valence-electron chi connectivity index (χ1n) is 7.40. The average molecular weight is 282 g/mol. The maximum atomic E-state index is 12.4. The molecular weight excluding hydrogens is 260 g/mol. The largest absolute Gasteiger partial charge is 0.399 e. The molecule has 0 aliphatic rings. The highest BCUT2D eigenvalue weighted by Gasteiger charge is 2.14. The van der Waals surface area contributed by atoms with Gasteiger partial charge in [-0.05, 0) is 36.6 Å². The number of nitrogens with two attached hydrogens (primary N) is 1. The third kappa shape index (κ3) is 4.35. The first kappa shape index (κ1) is 15.1. The molecule has 0 heterocycles. The molecule has 110 valence electrons. The first-order valence-corrected chi connectivity index (χ1v) is 7.40. The van der Waals surface area contributed by atoms with Crippen molar-refractivity contribution in [3.05, 3.63) is 60.2 Å². The molecule has 0 radical (unpaired) electrons. The predicted octanol–water partition coefficient (Wildman–Crippen LogP) is 3.64. The van der Waals surface area contributed by atoms with Crippen LogP contribution in [-0.2, 0) is 11.2 Å². The van der Waals surface area contributed by atoms with Crippen molar-refractivity contribution in [2.75, 3.05) is 17.2 Å². The summed E-state index contributed by atoms with van der Waals surface area (Å²) in [4.78, 5) is 14.2. The van der Waals surface area contributed by atoms with Crippen LogP contribution in [-0.4, -0.2) is 12.5 Å². The van der Waals surface area contributed by atoms with E-state index >= 15 is 0 Å². The number of amides is 1. The van der Waals surface area contributed by atoms with Crippen LogP contribution < -0.4 is 10.6 Å². The van der Waals surface area contributed by atoms with Crippen molar-refractivity contribution in [2.45, 2.75) is 26.2 Å². The molecule has 0 aliphatic carbocycles. The molecule has 3 nitrogen and oxygen atoms in total. The molecule has 0 saturated heterocycles. The molecule has 0 bridgehead atoms. The van der Waals surface area contributed by atoms with E-state index in [2.05, 4.69) is 12.1 Å². The van der Waals surface area contributed by atoms with E-state index < -0.39 is 0 Å². The predicted molar refractivity (Wildman–Crippen MR) is 88.3 cm³/mol. The summed E-state index contributed by atoms with van der Waals surface area (Å²) in [5.41, 5.74) is 8.63. The monoisotopic (exact) mass is 282 g/mol. The summed E-state index contributed by atoms with van der Waals surface area (Å²) in [5, 5.41) is 0. The summed E-state index contributed by atoms with van der Waals surface area (Å²) in [6.45, 7) is 2.69. The van der Waals surface area contributed by atoms with E-state index in [0.29, 0.717) is 18.7 Å². The number of nitrogen functional groups attached to an aromatic ring is 1. The third-order valence-corrected chi connectivity index (χ3v) is 3.41.